The second-order valence-electron chi connectivity index (χ2n) is 7.44. The summed E-state index contributed by atoms with van der Waals surface area (Å²) < 4.78 is 11.5. The van der Waals surface area contributed by atoms with Gasteiger partial charge in [0.25, 0.3) is 5.91 Å². The molecule has 1 heterocycles. The first-order chi connectivity index (χ1) is 14.0. The van der Waals surface area contributed by atoms with Gasteiger partial charge in [-0.15, -0.1) is 0 Å². The van der Waals surface area contributed by atoms with Crippen molar-refractivity contribution in [1.29, 1.82) is 0 Å². The second kappa shape index (κ2) is 9.68. The fraction of sp³-hybridized carbons (Fsp3) is 0.458. The summed E-state index contributed by atoms with van der Waals surface area (Å²) in [4.78, 5) is 17.4. The minimum atomic E-state index is 0.0496. The molecule has 5 heteroatoms. The maximum atomic E-state index is 13.1. The van der Waals surface area contributed by atoms with Crippen LogP contribution in [0.4, 0.5) is 5.69 Å². The van der Waals surface area contributed by atoms with Gasteiger partial charge in [-0.3, -0.25) is 4.79 Å². The standard InChI is InChI=1S/C24H32N2O3/c1-5-16-29-22-11-10-20(17-23(22)28-6-2)24(27)26-14-12-25(13-15-26)21-9-7-8-18(3)19(21)4/h7-11,17H,5-6,12-16H2,1-4H3. The van der Waals surface area contributed by atoms with Gasteiger partial charge in [-0.25, -0.2) is 0 Å². The minimum Gasteiger partial charge on any atom is -0.490 e. The lowest BCUT2D eigenvalue weighted by atomic mass is 10.1. The van der Waals surface area contributed by atoms with Crippen molar-refractivity contribution in [3.05, 3.63) is 53.1 Å². The smallest absolute Gasteiger partial charge is 0.254 e. The minimum absolute atomic E-state index is 0.0496. The van der Waals surface area contributed by atoms with Gasteiger partial charge in [0.2, 0.25) is 0 Å². The first-order valence-corrected chi connectivity index (χ1v) is 10.5. The summed E-state index contributed by atoms with van der Waals surface area (Å²) in [5.41, 5.74) is 4.54. The van der Waals surface area contributed by atoms with E-state index in [4.69, 9.17) is 9.47 Å². The van der Waals surface area contributed by atoms with Gasteiger partial charge in [0.1, 0.15) is 0 Å². The Kier molecular flexibility index (Phi) is 7.02. The number of ether oxygens (including phenoxy) is 2. The predicted molar refractivity (Wildman–Crippen MR) is 117 cm³/mol. The average Bonchev–Trinajstić information content (AvgIpc) is 2.74. The molecule has 0 atom stereocenters. The van der Waals surface area contributed by atoms with Crippen LogP contribution in [0.3, 0.4) is 0 Å². The lowest BCUT2D eigenvalue weighted by Gasteiger charge is -2.37. The van der Waals surface area contributed by atoms with Gasteiger partial charge in [-0.1, -0.05) is 19.1 Å². The van der Waals surface area contributed by atoms with Crippen LogP contribution in [0.25, 0.3) is 0 Å². The number of aryl methyl sites for hydroxylation is 1. The summed E-state index contributed by atoms with van der Waals surface area (Å²) in [6, 6.07) is 11.9. The van der Waals surface area contributed by atoms with Crippen LogP contribution in [0.2, 0.25) is 0 Å². The Morgan fingerprint density at radius 2 is 1.72 bits per heavy atom. The van der Waals surface area contributed by atoms with Crippen LogP contribution in [0, 0.1) is 13.8 Å². The Morgan fingerprint density at radius 3 is 2.41 bits per heavy atom. The van der Waals surface area contributed by atoms with Gasteiger partial charge in [-0.2, -0.15) is 0 Å². The Morgan fingerprint density at radius 1 is 0.966 bits per heavy atom. The van der Waals surface area contributed by atoms with Crippen molar-refractivity contribution >= 4 is 11.6 Å². The van der Waals surface area contributed by atoms with Crippen molar-refractivity contribution in [1.82, 2.24) is 4.90 Å². The second-order valence-corrected chi connectivity index (χ2v) is 7.44. The Bertz CT molecular complexity index is 842. The van der Waals surface area contributed by atoms with E-state index < -0.39 is 0 Å². The van der Waals surface area contributed by atoms with Crippen molar-refractivity contribution < 1.29 is 14.3 Å². The van der Waals surface area contributed by atoms with E-state index in [-0.39, 0.29) is 5.91 Å². The third kappa shape index (κ3) is 4.84. The lowest BCUT2D eigenvalue weighted by molar-refractivity contribution is 0.0746. The maximum absolute atomic E-state index is 13.1. The van der Waals surface area contributed by atoms with Gasteiger partial charge in [0.05, 0.1) is 13.2 Å². The van der Waals surface area contributed by atoms with Gasteiger partial charge >= 0.3 is 0 Å². The van der Waals surface area contributed by atoms with Crippen LogP contribution in [-0.4, -0.2) is 50.2 Å². The van der Waals surface area contributed by atoms with E-state index in [2.05, 4.69) is 43.9 Å². The molecule has 1 aliphatic heterocycles. The third-order valence-corrected chi connectivity index (χ3v) is 5.44. The number of rotatable bonds is 7. The van der Waals surface area contributed by atoms with E-state index in [1.165, 1.54) is 16.8 Å². The largest absolute Gasteiger partial charge is 0.490 e. The highest BCUT2D eigenvalue weighted by molar-refractivity contribution is 5.95. The zero-order valence-electron chi connectivity index (χ0n) is 18.0. The van der Waals surface area contributed by atoms with Crippen LogP contribution in [0.15, 0.2) is 36.4 Å². The molecular formula is C24H32N2O3. The van der Waals surface area contributed by atoms with Crippen LogP contribution in [0.1, 0.15) is 41.8 Å². The van der Waals surface area contributed by atoms with E-state index in [0.29, 0.717) is 43.4 Å². The molecule has 3 rings (SSSR count). The highest BCUT2D eigenvalue weighted by atomic mass is 16.5. The van der Waals surface area contributed by atoms with Gasteiger partial charge in [0.15, 0.2) is 11.5 Å². The summed E-state index contributed by atoms with van der Waals surface area (Å²) in [5.74, 6) is 1.39. The number of hydrogen-bond donors (Lipinski definition) is 0. The molecule has 29 heavy (non-hydrogen) atoms. The molecule has 0 spiro atoms. The summed E-state index contributed by atoms with van der Waals surface area (Å²) in [5, 5.41) is 0. The molecule has 0 aromatic heterocycles. The van der Waals surface area contributed by atoms with Crippen LogP contribution >= 0.6 is 0 Å². The quantitative estimate of drug-likeness (QED) is 0.693. The molecule has 2 aromatic carbocycles. The highest BCUT2D eigenvalue weighted by Crippen LogP contribution is 2.30. The van der Waals surface area contributed by atoms with E-state index in [1.807, 2.05) is 30.0 Å². The van der Waals surface area contributed by atoms with Gasteiger partial charge in [0, 0.05) is 37.4 Å². The number of carbonyl (C=O) groups excluding carboxylic acids is 1. The maximum Gasteiger partial charge on any atom is 0.254 e. The molecule has 156 valence electrons. The number of amides is 1. The topological polar surface area (TPSA) is 42.0 Å². The van der Waals surface area contributed by atoms with Crippen molar-refractivity contribution in [2.24, 2.45) is 0 Å². The molecule has 2 aromatic rings. The lowest BCUT2D eigenvalue weighted by Crippen LogP contribution is -2.49. The first kappa shape index (κ1) is 21.0. The summed E-state index contributed by atoms with van der Waals surface area (Å²) >= 11 is 0. The molecule has 1 aliphatic rings. The number of piperazine rings is 1. The molecule has 5 nitrogen and oxygen atoms in total. The molecule has 1 fully saturated rings. The first-order valence-electron chi connectivity index (χ1n) is 10.5. The number of anilines is 1. The highest BCUT2D eigenvalue weighted by Gasteiger charge is 2.24. The average molecular weight is 397 g/mol. The van der Waals surface area contributed by atoms with Crippen LogP contribution < -0.4 is 14.4 Å². The molecule has 0 aliphatic carbocycles. The fourth-order valence-electron chi connectivity index (χ4n) is 3.65. The van der Waals surface area contributed by atoms with Crippen molar-refractivity contribution in [3.63, 3.8) is 0 Å². The molecule has 1 amide bonds. The molecule has 0 bridgehead atoms. The number of hydrogen-bond acceptors (Lipinski definition) is 4. The van der Waals surface area contributed by atoms with Crippen molar-refractivity contribution in [3.8, 4) is 11.5 Å². The van der Waals surface area contributed by atoms with E-state index in [0.717, 1.165) is 19.5 Å². The fourth-order valence-corrected chi connectivity index (χ4v) is 3.65. The van der Waals surface area contributed by atoms with Gasteiger partial charge in [-0.05, 0) is 62.6 Å². The zero-order chi connectivity index (χ0) is 20.8. The normalized spacial score (nSPS) is 14.1. The van der Waals surface area contributed by atoms with Crippen molar-refractivity contribution in [2.75, 3.05) is 44.3 Å². The molecule has 0 unspecified atom stereocenters. The number of benzene rings is 2. The van der Waals surface area contributed by atoms with E-state index in [9.17, 15) is 4.79 Å². The zero-order valence-corrected chi connectivity index (χ0v) is 18.0. The Balaban J connectivity index is 1.68. The number of carbonyl (C=O) groups is 1. The molecule has 0 radical (unpaired) electrons. The molecule has 0 N–H and O–H groups in total. The molecule has 1 saturated heterocycles. The Labute approximate surface area is 174 Å². The van der Waals surface area contributed by atoms with E-state index in [1.54, 1.807) is 0 Å². The summed E-state index contributed by atoms with van der Waals surface area (Å²) in [6.07, 6.45) is 0.928. The summed E-state index contributed by atoms with van der Waals surface area (Å²) in [6.45, 7) is 12.6. The summed E-state index contributed by atoms with van der Waals surface area (Å²) in [7, 11) is 0. The monoisotopic (exact) mass is 396 g/mol. The van der Waals surface area contributed by atoms with Gasteiger partial charge < -0.3 is 19.3 Å². The SMILES string of the molecule is CCCOc1ccc(C(=O)N2CCN(c3cccc(C)c3C)CC2)cc1OCC. The van der Waals surface area contributed by atoms with E-state index >= 15 is 0 Å². The van der Waals surface area contributed by atoms with Crippen LogP contribution in [-0.2, 0) is 0 Å². The predicted octanol–water partition coefficient (Wildman–Crippen LogP) is 4.45. The third-order valence-electron chi connectivity index (χ3n) is 5.44. The molecular weight excluding hydrogens is 364 g/mol. The number of nitrogens with zero attached hydrogens (tertiary/aromatic N) is 2. The van der Waals surface area contributed by atoms with Crippen LogP contribution in [0.5, 0.6) is 11.5 Å². The molecule has 0 saturated carbocycles. The van der Waals surface area contributed by atoms with Crippen molar-refractivity contribution in [2.45, 2.75) is 34.1 Å². The Hall–Kier alpha value is -2.69.